The second-order valence-corrected chi connectivity index (χ2v) is 4.53. The van der Waals surface area contributed by atoms with Gasteiger partial charge in [-0.3, -0.25) is 0 Å². The lowest BCUT2D eigenvalue weighted by Gasteiger charge is -2.04. The van der Waals surface area contributed by atoms with E-state index in [9.17, 15) is 0 Å². The molecule has 0 heterocycles. The summed E-state index contributed by atoms with van der Waals surface area (Å²) in [6.07, 6.45) is 16.3. The molecule has 90 valence electrons. The van der Waals surface area contributed by atoms with E-state index in [0.717, 1.165) is 0 Å². The number of hydrogen-bond donors (Lipinski definition) is 0. The SMILES string of the molecule is CC=C(CC)CCCCCCCCCC. The van der Waals surface area contributed by atoms with Crippen LogP contribution in [0.3, 0.4) is 0 Å². The molecule has 0 heteroatoms. The first kappa shape index (κ1) is 14.7. The Balaban J connectivity index is 3.11. The third-order valence-electron chi connectivity index (χ3n) is 3.21. The second kappa shape index (κ2) is 11.8. The van der Waals surface area contributed by atoms with Crippen molar-refractivity contribution in [1.82, 2.24) is 0 Å². The second-order valence-electron chi connectivity index (χ2n) is 4.53. The molecule has 0 atom stereocenters. The van der Waals surface area contributed by atoms with E-state index in [1.54, 1.807) is 5.57 Å². The highest BCUT2D eigenvalue weighted by Crippen LogP contribution is 2.14. The Labute approximate surface area is 97.2 Å². The molecule has 0 rings (SSSR count). The van der Waals surface area contributed by atoms with Crippen molar-refractivity contribution in [1.29, 1.82) is 0 Å². The largest absolute Gasteiger partial charge is 0.0885 e. The predicted molar refractivity (Wildman–Crippen MR) is 71.3 cm³/mol. The maximum Gasteiger partial charge on any atom is -0.0321 e. The molecule has 0 bridgehead atoms. The van der Waals surface area contributed by atoms with Crippen molar-refractivity contribution in [2.75, 3.05) is 0 Å². The van der Waals surface area contributed by atoms with Gasteiger partial charge in [-0.15, -0.1) is 0 Å². The van der Waals surface area contributed by atoms with Crippen LogP contribution in [0.15, 0.2) is 11.6 Å². The molecule has 0 aliphatic rings. The Morgan fingerprint density at radius 2 is 1.33 bits per heavy atom. The molecule has 0 spiro atoms. The van der Waals surface area contributed by atoms with E-state index in [-0.39, 0.29) is 0 Å². The van der Waals surface area contributed by atoms with Crippen molar-refractivity contribution in [2.45, 2.75) is 85.0 Å². The van der Waals surface area contributed by atoms with Crippen LogP contribution in [0.1, 0.15) is 85.0 Å². The standard InChI is InChI=1S/C15H30/c1-4-7-8-9-10-11-12-13-14-15(5-2)6-3/h5H,4,6-14H2,1-3H3. The Morgan fingerprint density at radius 1 is 0.800 bits per heavy atom. The van der Waals surface area contributed by atoms with Gasteiger partial charge in [0, 0.05) is 0 Å². The first-order chi connectivity index (χ1) is 7.35. The Bertz CT molecular complexity index is 144. The quantitative estimate of drug-likeness (QED) is 0.312. The van der Waals surface area contributed by atoms with Crippen LogP contribution in [-0.2, 0) is 0 Å². The zero-order chi connectivity index (χ0) is 11.4. The fourth-order valence-electron chi connectivity index (χ4n) is 2.01. The van der Waals surface area contributed by atoms with Gasteiger partial charge >= 0.3 is 0 Å². The first-order valence-corrected chi connectivity index (χ1v) is 6.99. The van der Waals surface area contributed by atoms with E-state index in [1.807, 2.05) is 0 Å². The molecule has 0 aliphatic heterocycles. The highest BCUT2D eigenvalue weighted by atomic mass is 14.0. The monoisotopic (exact) mass is 210 g/mol. The molecule has 0 aromatic carbocycles. The van der Waals surface area contributed by atoms with Crippen LogP contribution < -0.4 is 0 Å². The highest BCUT2D eigenvalue weighted by Gasteiger charge is 1.94. The molecule has 0 radical (unpaired) electrons. The van der Waals surface area contributed by atoms with Crippen LogP contribution in [-0.4, -0.2) is 0 Å². The van der Waals surface area contributed by atoms with Crippen molar-refractivity contribution in [3.63, 3.8) is 0 Å². The molecule has 0 fully saturated rings. The lowest BCUT2D eigenvalue weighted by atomic mass is 10.0. The summed E-state index contributed by atoms with van der Waals surface area (Å²) in [5, 5.41) is 0. The summed E-state index contributed by atoms with van der Waals surface area (Å²) >= 11 is 0. The van der Waals surface area contributed by atoms with E-state index in [0.29, 0.717) is 0 Å². The van der Waals surface area contributed by atoms with Gasteiger partial charge in [-0.2, -0.15) is 0 Å². The van der Waals surface area contributed by atoms with Crippen molar-refractivity contribution in [2.24, 2.45) is 0 Å². The van der Waals surface area contributed by atoms with E-state index in [1.165, 1.54) is 64.2 Å². The molecule has 0 amide bonds. The van der Waals surface area contributed by atoms with Gasteiger partial charge in [-0.1, -0.05) is 70.4 Å². The fourth-order valence-corrected chi connectivity index (χ4v) is 2.01. The van der Waals surface area contributed by atoms with Crippen LogP contribution in [0.2, 0.25) is 0 Å². The van der Waals surface area contributed by atoms with Gasteiger partial charge in [0.15, 0.2) is 0 Å². The summed E-state index contributed by atoms with van der Waals surface area (Å²) < 4.78 is 0. The van der Waals surface area contributed by atoms with E-state index in [4.69, 9.17) is 0 Å². The molecule has 0 N–H and O–H groups in total. The lowest BCUT2D eigenvalue weighted by molar-refractivity contribution is 0.573. The summed E-state index contributed by atoms with van der Waals surface area (Å²) in [4.78, 5) is 0. The normalized spacial score (nSPS) is 12.1. The number of rotatable bonds is 10. The molecule has 0 aromatic heterocycles. The van der Waals surface area contributed by atoms with Crippen molar-refractivity contribution in [3.8, 4) is 0 Å². The zero-order valence-corrected chi connectivity index (χ0v) is 11.1. The molecule has 0 unspecified atom stereocenters. The number of allylic oxidation sites excluding steroid dienone is 2. The Kier molecular flexibility index (Phi) is 11.6. The molecule has 0 aromatic rings. The number of hydrogen-bond acceptors (Lipinski definition) is 0. The number of unbranched alkanes of at least 4 members (excludes halogenated alkanes) is 7. The lowest BCUT2D eigenvalue weighted by Crippen LogP contribution is -1.84. The van der Waals surface area contributed by atoms with Gasteiger partial charge in [0.05, 0.1) is 0 Å². The van der Waals surface area contributed by atoms with Gasteiger partial charge in [0.2, 0.25) is 0 Å². The molecule has 15 heavy (non-hydrogen) atoms. The van der Waals surface area contributed by atoms with Crippen molar-refractivity contribution in [3.05, 3.63) is 11.6 Å². The summed E-state index contributed by atoms with van der Waals surface area (Å²) in [6.45, 7) is 6.72. The van der Waals surface area contributed by atoms with Crippen LogP contribution in [0.4, 0.5) is 0 Å². The molecule has 0 nitrogen and oxygen atoms in total. The third-order valence-corrected chi connectivity index (χ3v) is 3.21. The average Bonchev–Trinajstić information content (AvgIpc) is 2.27. The summed E-state index contributed by atoms with van der Waals surface area (Å²) in [5.41, 5.74) is 1.64. The molecule has 0 aliphatic carbocycles. The van der Waals surface area contributed by atoms with Gasteiger partial charge in [-0.05, 0) is 26.2 Å². The zero-order valence-electron chi connectivity index (χ0n) is 11.1. The molecular formula is C15H30. The highest BCUT2D eigenvalue weighted by molar-refractivity contribution is 4.98. The van der Waals surface area contributed by atoms with Gasteiger partial charge < -0.3 is 0 Å². The summed E-state index contributed by atoms with van der Waals surface area (Å²) in [6, 6.07) is 0. The minimum Gasteiger partial charge on any atom is -0.0885 e. The topological polar surface area (TPSA) is 0 Å². The Morgan fingerprint density at radius 3 is 1.80 bits per heavy atom. The smallest absolute Gasteiger partial charge is 0.0321 e. The average molecular weight is 210 g/mol. The van der Waals surface area contributed by atoms with Crippen molar-refractivity contribution < 1.29 is 0 Å². The van der Waals surface area contributed by atoms with E-state index >= 15 is 0 Å². The van der Waals surface area contributed by atoms with Gasteiger partial charge in [0.1, 0.15) is 0 Å². The van der Waals surface area contributed by atoms with Crippen LogP contribution in [0, 0.1) is 0 Å². The predicted octanol–water partition coefficient (Wildman–Crippen LogP) is 5.87. The Hall–Kier alpha value is -0.260. The van der Waals surface area contributed by atoms with Gasteiger partial charge in [0.25, 0.3) is 0 Å². The van der Waals surface area contributed by atoms with Crippen LogP contribution in [0.25, 0.3) is 0 Å². The maximum absolute atomic E-state index is 2.29. The molecule has 0 saturated heterocycles. The first-order valence-electron chi connectivity index (χ1n) is 6.99. The molecule has 0 saturated carbocycles. The van der Waals surface area contributed by atoms with Gasteiger partial charge in [-0.25, -0.2) is 0 Å². The summed E-state index contributed by atoms with van der Waals surface area (Å²) in [7, 11) is 0. The minimum absolute atomic E-state index is 1.24. The third kappa shape index (κ3) is 10.0. The fraction of sp³-hybridized carbons (Fsp3) is 0.867. The van der Waals surface area contributed by atoms with Crippen LogP contribution >= 0.6 is 0 Å². The van der Waals surface area contributed by atoms with Crippen LogP contribution in [0.5, 0.6) is 0 Å². The van der Waals surface area contributed by atoms with Crippen molar-refractivity contribution >= 4 is 0 Å². The summed E-state index contributed by atoms with van der Waals surface area (Å²) in [5.74, 6) is 0. The molecular weight excluding hydrogens is 180 g/mol. The maximum atomic E-state index is 2.29. The minimum atomic E-state index is 1.24. The van der Waals surface area contributed by atoms with E-state index in [2.05, 4.69) is 26.8 Å². The van der Waals surface area contributed by atoms with E-state index < -0.39 is 0 Å².